The smallest absolute Gasteiger partial charge is 0.224 e. The van der Waals surface area contributed by atoms with Gasteiger partial charge in [0.2, 0.25) is 5.91 Å². The Kier molecular flexibility index (Phi) is 5.89. The first-order valence-electron chi connectivity index (χ1n) is 6.89. The molecule has 2 aromatic rings. The topological polar surface area (TPSA) is 77.8 Å². The Balaban J connectivity index is 1.74. The number of rotatable bonds is 6. The van der Waals surface area contributed by atoms with Crippen LogP contribution in [0.5, 0.6) is 0 Å². The predicted octanol–water partition coefficient (Wildman–Crippen LogP) is 2.52. The monoisotopic (exact) mass is 332 g/mol. The second-order valence-electron chi connectivity index (χ2n) is 4.75. The van der Waals surface area contributed by atoms with Gasteiger partial charge in [0.25, 0.3) is 0 Å². The summed E-state index contributed by atoms with van der Waals surface area (Å²) in [5, 5.41) is 14.8. The molecule has 0 atom stereocenters. The van der Waals surface area contributed by atoms with E-state index in [2.05, 4.69) is 15.6 Å². The fourth-order valence-electron chi connectivity index (χ4n) is 1.86. The van der Waals surface area contributed by atoms with Crippen molar-refractivity contribution in [3.8, 4) is 6.07 Å². The predicted molar refractivity (Wildman–Crippen MR) is 85.6 cm³/mol. The van der Waals surface area contributed by atoms with Gasteiger partial charge in [0, 0.05) is 19.3 Å². The van der Waals surface area contributed by atoms with E-state index in [1.54, 1.807) is 12.1 Å². The molecule has 0 aliphatic heterocycles. The molecule has 0 bridgehead atoms. The minimum absolute atomic E-state index is 0.155. The number of hydrogen-bond acceptors (Lipinski definition) is 4. The molecular formula is C16H14ClFN4O. The van der Waals surface area contributed by atoms with E-state index in [4.69, 9.17) is 16.9 Å². The first-order chi connectivity index (χ1) is 11.1. The number of anilines is 1. The van der Waals surface area contributed by atoms with Crippen LogP contribution < -0.4 is 10.6 Å². The second kappa shape index (κ2) is 8.11. The number of nitriles is 1. The van der Waals surface area contributed by atoms with Gasteiger partial charge >= 0.3 is 0 Å². The molecule has 0 aliphatic carbocycles. The zero-order chi connectivity index (χ0) is 16.7. The minimum Gasteiger partial charge on any atom is -0.367 e. The Morgan fingerprint density at radius 2 is 2.04 bits per heavy atom. The standard InChI is InChI=1S/C16H14ClFN4O/c17-14-7-12(9-19)10-22-16(14)21-6-5-20-15(23)8-11-1-3-13(18)4-2-11/h1-4,7,10H,5-6,8H2,(H,20,23)(H,21,22). The van der Waals surface area contributed by atoms with Gasteiger partial charge in [-0.1, -0.05) is 23.7 Å². The quantitative estimate of drug-likeness (QED) is 0.797. The zero-order valence-electron chi connectivity index (χ0n) is 12.1. The van der Waals surface area contributed by atoms with Crippen molar-refractivity contribution in [2.24, 2.45) is 0 Å². The van der Waals surface area contributed by atoms with Crippen LogP contribution in [0.2, 0.25) is 5.02 Å². The molecule has 2 rings (SSSR count). The summed E-state index contributed by atoms with van der Waals surface area (Å²) in [6, 6.07) is 9.26. The van der Waals surface area contributed by atoms with Crippen molar-refractivity contribution >= 4 is 23.3 Å². The van der Waals surface area contributed by atoms with Crippen LogP contribution in [0.3, 0.4) is 0 Å². The van der Waals surface area contributed by atoms with E-state index in [-0.39, 0.29) is 18.1 Å². The number of carbonyl (C=O) groups is 1. The van der Waals surface area contributed by atoms with Crippen LogP contribution in [0.1, 0.15) is 11.1 Å². The van der Waals surface area contributed by atoms with E-state index in [9.17, 15) is 9.18 Å². The Bertz CT molecular complexity index is 728. The van der Waals surface area contributed by atoms with Crippen LogP contribution in [-0.4, -0.2) is 24.0 Å². The number of amides is 1. The maximum Gasteiger partial charge on any atom is 0.224 e. The highest BCUT2D eigenvalue weighted by Crippen LogP contribution is 2.19. The Morgan fingerprint density at radius 1 is 1.30 bits per heavy atom. The largest absolute Gasteiger partial charge is 0.367 e. The number of aromatic nitrogens is 1. The molecule has 118 valence electrons. The number of benzene rings is 1. The van der Waals surface area contributed by atoms with E-state index in [1.165, 1.54) is 24.4 Å². The van der Waals surface area contributed by atoms with E-state index >= 15 is 0 Å². The molecular weight excluding hydrogens is 319 g/mol. The van der Waals surface area contributed by atoms with Crippen molar-refractivity contribution in [3.05, 3.63) is 58.5 Å². The van der Waals surface area contributed by atoms with Crippen LogP contribution >= 0.6 is 11.6 Å². The molecule has 1 heterocycles. The van der Waals surface area contributed by atoms with Gasteiger partial charge in [-0.15, -0.1) is 0 Å². The van der Waals surface area contributed by atoms with Gasteiger partial charge in [-0.3, -0.25) is 4.79 Å². The summed E-state index contributed by atoms with van der Waals surface area (Å²) in [7, 11) is 0. The number of nitrogens with zero attached hydrogens (tertiary/aromatic N) is 2. The number of hydrogen-bond donors (Lipinski definition) is 2. The van der Waals surface area contributed by atoms with Crippen LogP contribution in [-0.2, 0) is 11.2 Å². The highest BCUT2D eigenvalue weighted by atomic mass is 35.5. The molecule has 23 heavy (non-hydrogen) atoms. The van der Waals surface area contributed by atoms with Gasteiger partial charge in [-0.2, -0.15) is 5.26 Å². The number of nitrogens with one attached hydrogen (secondary N) is 2. The molecule has 0 aliphatic rings. The Hall–Kier alpha value is -2.65. The molecule has 1 aromatic carbocycles. The van der Waals surface area contributed by atoms with Crippen LogP contribution in [0.4, 0.5) is 10.2 Å². The summed E-state index contributed by atoms with van der Waals surface area (Å²) >= 11 is 5.98. The molecule has 1 aromatic heterocycles. The van der Waals surface area contributed by atoms with Crippen molar-refractivity contribution in [2.45, 2.75) is 6.42 Å². The van der Waals surface area contributed by atoms with E-state index in [0.717, 1.165) is 5.56 Å². The van der Waals surface area contributed by atoms with Gasteiger partial charge in [-0.05, 0) is 23.8 Å². The molecule has 7 heteroatoms. The molecule has 2 N–H and O–H groups in total. The Labute approximate surface area is 138 Å². The molecule has 0 unspecified atom stereocenters. The maximum atomic E-state index is 12.8. The van der Waals surface area contributed by atoms with Crippen LogP contribution in [0.25, 0.3) is 0 Å². The highest BCUT2D eigenvalue weighted by Gasteiger charge is 2.05. The summed E-state index contributed by atoms with van der Waals surface area (Å²) in [6.07, 6.45) is 1.61. The molecule has 0 saturated heterocycles. The minimum atomic E-state index is -0.329. The zero-order valence-corrected chi connectivity index (χ0v) is 12.9. The lowest BCUT2D eigenvalue weighted by Gasteiger charge is -2.09. The van der Waals surface area contributed by atoms with Crippen LogP contribution in [0.15, 0.2) is 36.5 Å². The molecule has 5 nitrogen and oxygen atoms in total. The molecule has 1 amide bonds. The summed E-state index contributed by atoms with van der Waals surface area (Å²) in [4.78, 5) is 15.8. The average molecular weight is 333 g/mol. The van der Waals surface area contributed by atoms with Gasteiger partial charge in [0.1, 0.15) is 17.7 Å². The first-order valence-corrected chi connectivity index (χ1v) is 7.27. The molecule has 0 spiro atoms. The van der Waals surface area contributed by atoms with E-state index < -0.39 is 0 Å². The summed E-state index contributed by atoms with van der Waals surface area (Å²) in [5.41, 5.74) is 1.13. The number of halogens is 2. The van der Waals surface area contributed by atoms with Gasteiger partial charge in [-0.25, -0.2) is 9.37 Å². The lowest BCUT2D eigenvalue weighted by Crippen LogP contribution is -2.30. The van der Waals surface area contributed by atoms with E-state index in [0.29, 0.717) is 29.5 Å². The van der Waals surface area contributed by atoms with Gasteiger partial charge in [0.05, 0.1) is 17.0 Å². The third-order valence-electron chi connectivity index (χ3n) is 2.99. The summed E-state index contributed by atoms with van der Waals surface area (Å²) in [6.45, 7) is 0.825. The molecule has 0 fully saturated rings. The van der Waals surface area contributed by atoms with Crippen molar-refractivity contribution in [2.75, 3.05) is 18.4 Å². The fourth-order valence-corrected chi connectivity index (χ4v) is 2.10. The molecule has 0 saturated carbocycles. The molecule has 0 radical (unpaired) electrons. The van der Waals surface area contributed by atoms with Gasteiger partial charge in [0.15, 0.2) is 0 Å². The number of carbonyl (C=O) groups excluding carboxylic acids is 1. The third-order valence-corrected chi connectivity index (χ3v) is 3.28. The van der Waals surface area contributed by atoms with Crippen molar-refractivity contribution in [1.82, 2.24) is 10.3 Å². The van der Waals surface area contributed by atoms with E-state index in [1.807, 2.05) is 6.07 Å². The fraction of sp³-hybridized carbons (Fsp3) is 0.188. The first kappa shape index (κ1) is 16.7. The Morgan fingerprint density at radius 3 is 2.70 bits per heavy atom. The maximum absolute atomic E-state index is 12.8. The SMILES string of the molecule is N#Cc1cnc(NCCNC(=O)Cc2ccc(F)cc2)c(Cl)c1. The van der Waals surface area contributed by atoms with Crippen molar-refractivity contribution < 1.29 is 9.18 Å². The lowest BCUT2D eigenvalue weighted by molar-refractivity contribution is -0.120. The van der Waals surface area contributed by atoms with Crippen molar-refractivity contribution in [3.63, 3.8) is 0 Å². The normalized spacial score (nSPS) is 9.96. The summed E-state index contributed by atoms with van der Waals surface area (Å²) < 4.78 is 12.8. The summed E-state index contributed by atoms with van der Waals surface area (Å²) in [5.74, 6) is -0.0269. The third kappa shape index (κ3) is 5.24. The lowest BCUT2D eigenvalue weighted by atomic mass is 10.1. The van der Waals surface area contributed by atoms with Gasteiger partial charge < -0.3 is 10.6 Å². The average Bonchev–Trinajstić information content (AvgIpc) is 2.55. The highest BCUT2D eigenvalue weighted by molar-refractivity contribution is 6.33. The van der Waals surface area contributed by atoms with Crippen LogP contribution in [0, 0.1) is 17.1 Å². The van der Waals surface area contributed by atoms with Crippen molar-refractivity contribution in [1.29, 1.82) is 5.26 Å². The second-order valence-corrected chi connectivity index (χ2v) is 5.15. The number of pyridine rings is 1.